The number of nitrogens with one attached hydrogen (secondary N) is 1. The summed E-state index contributed by atoms with van der Waals surface area (Å²) in [6.45, 7) is 3.47. The first-order valence-corrected chi connectivity index (χ1v) is 5.23. The summed E-state index contributed by atoms with van der Waals surface area (Å²) in [7, 11) is 0. The molecule has 0 aromatic carbocycles. The lowest BCUT2D eigenvalue weighted by Gasteiger charge is -2.01. The summed E-state index contributed by atoms with van der Waals surface area (Å²) in [6.07, 6.45) is 4.34. The molecule has 2 heterocycles. The number of pyridine rings is 1. The molecule has 0 unspecified atom stereocenters. The second kappa shape index (κ2) is 6.98. The van der Waals surface area contributed by atoms with Gasteiger partial charge in [-0.2, -0.15) is 4.98 Å². The van der Waals surface area contributed by atoms with Crippen LogP contribution in [0.4, 0.5) is 0 Å². The summed E-state index contributed by atoms with van der Waals surface area (Å²) < 4.78 is 5.01. The minimum atomic E-state index is 0. The van der Waals surface area contributed by atoms with Gasteiger partial charge >= 0.3 is 0 Å². The van der Waals surface area contributed by atoms with Crippen molar-refractivity contribution < 1.29 is 4.52 Å². The van der Waals surface area contributed by atoms with Crippen LogP contribution in [0, 0.1) is 6.92 Å². The highest BCUT2D eigenvalue weighted by atomic mass is 35.5. The second-order valence-electron chi connectivity index (χ2n) is 3.52. The third kappa shape index (κ3) is 4.50. The van der Waals surface area contributed by atoms with Gasteiger partial charge in [0, 0.05) is 31.9 Å². The van der Waals surface area contributed by atoms with Gasteiger partial charge in [-0.05, 0) is 24.6 Å². The quantitative estimate of drug-likeness (QED) is 0.820. The Hall–Kier alpha value is -1.46. The van der Waals surface area contributed by atoms with E-state index in [1.165, 1.54) is 5.56 Å². The maximum atomic E-state index is 5.01. The molecule has 0 aliphatic rings. The lowest BCUT2D eigenvalue weighted by atomic mass is 10.2. The van der Waals surface area contributed by atoms with Crippen LogP contribution in [0.25, 0.3) is 0 Å². The van der Waals surface area contributed by atoms with E-state index in [0.717, 1.165) is 19.5 Å². The monoisotopic (exact) mass is 254 g/mol. The molecule has 0 saturated heterocycles. The molecule has 1 N–H and O–H groups in total. The van der Waals surface area contributed by atoms with E-state index in [-0.39, 0.29) is 12.4 Å². The molecule has 0 fully saturated rings. The van der Waals surface area contributed by atoms with Crippen LogP contribution in [0.3, 0.4) is 0 Å². The Kier molecular flexibility index (Phi) is 5.59. The van der Waals surface area contributed by atoms with Crippen LogP contribution in [-0.2, 0) is 13.0 Å². The van der Waals surface area contributed by atoms with E-state index in [1.54, 1.807) is 12.4 Å². The third-order valence-corrected chi connectivity index (χ3v) is 2.16. The zero-order valence-corrected chi connectivity index (χ0v) is 10.4. The Balaban J connectivity index is 0.00000144. The van der Waals surface area contributed by atoms with Crippen LogP contribution in [-0.4, -0.2) is 21.7 Å². The van der Waals surface area contributed by atoms with Gasteiger partial charge in [-0.25, -0.2) is 0 Å². The first kappa shape index (κ1) is 13.6. The van der Waals surface area contributed by atoms with Crippen LogP contribution in [0.5, 0.6) is 0 Å². The van der Waals surface area contributed by atoms with Gasteiger partial charge in [-0.15, -0.1) is 12.4 Å². The first-order chi connectivity index (χ1) is 7.84. The van der Waals surface area contributed by atoms with Crippen molar-refractivity contribution in [1.82, 2.24) is 20.4 Å². The molecule has 2 aromatic rings. The van der Waals surface area contributed by atoms with Gasteiger partial charge in [-0.3, -0.25) is 4.98 Å². The normalized spacial score (nSPS) is 9.94. The molecule has 0 saturated carbocycles. The number of nitrogens with zero attached hydrogens (tertiary/aromatic N) is 3. The van der Waals surface area contributed by atoms with Gasteiger partial charge in [0.2, 0.25) is 5.89 Å². The Morgan fingerprint density at radius 1 is 1.29 bits per heavy atom. The van der Waals surface area contributed by atoms with Crippen LogP contribution in [0.2, 0.25) is 0 Å². The number of hydrogen-bond donors (Lipinski definition) is 1. The van der Waals surface area contributed by atoms with Gasteiger partial charge in [0.25, 0.3) is 0 Å². The molecule has 0 bridgehead atoms. The summed E-state index contributed by atoms with van der Waals surface area (Å²) in [4.78, 5) is 8.09. The maximum Gasteiger partial charge on any atom is 0.227 e. The highest BCUT2D eigenvalue weighted by Gasteiger charge is 2.01. The Morgan fingerprint density at radius 3 is 2.71 bits per heavy atom. The number of hydrogen-bond acceptors (Lipinski definition) is 5. The maximum absolute atomic E-state index is 5.01. The molecule has 0 radical (unpaired) electrons. The van der Waals surface area contributed by atoms with Gasteiger partial charge in [-0.1, -0.05) is 5.16 Å². The van der Waals surface area contributed by atoms with E-state index in [4.69, 9.17) is 4.52 Å². The van der Waals surface area contributed by atoms with Crippen molar-refractivity contribution in [2.75, 3.05) is 6.54 Å². The molecular formula is C11H15ClN4O. The van der Waals surface area contributed by atoms with Gasteiger partial charge in [0.05, 0.1) is 0 Å². The van der Waals surface area contributed by atoms with Gasteiger partial charge in [0.1, 0.15) is 0 Å². The van der Waals surface area contributed by atoms with Gasteiger partial charge in [0.15, 0.2) is 5.82 Å². The second-order valence-corrected chi connectivity index (χ2v) is 3.52. The lowest BCUT2D eigenvalue weighted by molar-refractivity contribution is 0.372. The van der Waals surface area contributed by atoms with E-state index in [9.17, 15) is 0 Å². The number of aryl methyl sites for hydroxylation is 1. The largest absolute Gasteiger partial charge is 0.339 e. The van der Waals surface area contributed by atoms with Crippen molar-refractivity contribution in [3.05, 3.63) is 41.8 Å². The number of halogens is 1. The number of rotatable bonds is 5. The van der Waals surface area contributed by atoms with Crippen LogP contribution < -0.4 is 5.32 Å². The van der Waals surface area contributed by atoms with Crippen LogP contribution in [0.15, 0.2) is 29.0 Å². The molecule has 5 nitrogen and oxygen atoms in total. The fourth-order valence-electron chi connectivity index (χ4n) is 1.37. The summed E-state index contributed by atoms with van der Waals surface area (Å²) >= 11 is 0. The smallest absolute Gasteiger partial charge is 0.227 e. The van der Waals surface area contributed by atoms with Crippen molar-refractivity contribution in [1.29, 1.82) is 0 Å². The van der Waals surface area contributed by atoms with E-state index >= 15 is 0 Å². The summed E-state index contributed by atoms with van der Waals surface area (Å²) in [5, 5.41) is 7.04. The highest BCUT2D eigenvalue weighted by molar-refractivity contribution is 5.85. The number of aromatic nitrogens is 3. The Morgan fingerprint density at radius 2 is 2.06 bits per heavy atom. The molecular weight excluding hydrogens is 240 g/mol. The first-order valence-electron chi connectivity index (χ1n) is 5.23. The fourth-order valence-corrected chi connectivity index (χ4v) is 1.37. The Bertz CT molecular complexity index is 432. The summed E-state index contributed by atoms with van der Waals surface area (Å²) in [5.74, 6) is 1.36. The highest BCUT2D eigenvalue weighted by Crippen LogP contribution is 1.97. The third-order valence-electron chi connectivity index (χ3n) is 2.16. The Labute approximate surface area is 106 Å². The lowest BCUT2D eigenvalue weighted by Crippen LogP contribution is -2.16. The predicted molar refractivity (Wildman–Crippen MR) is 65.9 cm³/mol. The molecule has 0 spiro atoms. The summed E-state index contributed by atoms with van der Waals surface area (Å²) in [6, 6.07) is 3.98. The zero-order chi connectivity index (χ0) is 11.2. The van der Waals surface area contributed by atoms with E-state index in [0.29, 0.717) is 11.7 Å². The SMILES string of the molecule is Cc1noc(CCNCc2ccncc2)n1.Cl. The van der Waals surface area contributed by atoms with Crippen LogP contribution >= 0.6 is 12.4 Å². The molecule has 6 heteroatoms. The van der Waals surface area contributed by atoms with Crippen molar-refractivity contribution in [2.45, 2.75) is 19.9 Å². The van der Waals surface area contributed by atoms with Crippen molar-refractivity contribution in [2.24, 2.45) is 0 Å². The minimum Gasteiger partial charge on any atom is -0.339 e. The molecule has 0 aliphatic heterocycles. The van der Waals surface area contributed by atoms with Gasteiger partial charge < -0.3 is 9.84 Å². The van der Waals surface area contributed by atoms with Crippen molar-refractivity contribution in [3.8, 4) is 0 Å². The topological polar surface area (TPSA) is 63.8 Å². The average molecular weight is 255 g/mol. The van der Waals surface area contributed by atoms with Crippen molar-refractivity contribution in [3.63, 3.8) is 0 Å². The summed E-state index contributed by atoms with van der Waals surface area (Å²) in [5.41, 5.74) is 1.22. The molecule has 17 heavy (non-hydrogen) atoms. The molecule has 0 aliphatic carbocycles. The fraction of sp³-hybridized carbons (Fsp3) is 0.364. The van der Waals surface area contributed by atoms with E-state index in [1.807, 2.05) is 19.1 Å². The zero-order valence-electron chi connectivity index (χ0n) is 9.59. The molecule has 2 aromatic heterocycles. The van der Waals surface area contributed by atoms with Crippen LogP contribution in [0.1, 0.15) is 17.3 Å². The molecule has 0 atom stereocenters. The van der Waals surface area contributed by atoms with E-state index in [2.05, 4.69) is 20.4 Å². The molecule has 0 amide bonds. The minimum absolute atomic E-state index is 0. The predicted octanol–water partition coefficient (Wildman–Crippen LogP) is 1.53. The van der Waals surface area contributed by atoms with Crippen molar-refractivity contribution >= 4 is 12.4 Å². The van der Waals surface area contributed by atoms with E-state index < -0.39 is 0 Å². The molecule has 92 valence electrons. The standard InChI is InChI=1S/C11H14N4O.ClH/c1-9-14-11(16-15-9)4-7-13-8-10-2-5-12-6-3-10;/h2-3,5-6,13H,4,7-8H2,1H3;1H. The average Bonchev–Trinajstić information content (AvgIpc) is 2.72. The molecule has 2 rings (SSSR count).